The number of nitrogens with one attached hydrogen (secondary N) is 3. The van der Waals surface area contributed by atoms with Crippen molar-refractivity contribution >= 4 is 49.5 Å². The van der Waals surface area contributed by atoms with Crippen LogP contribution in [0.15, 0.2) is 42.5 Å². The van der Waals surface area contributed by atoms with Crippen LogP contribution in [0.3, 0.4) is 0 Å². The van der Waals surface area contributed by atoms with Crippen LogP contribution in [0, 0.1) is 0 Å². The molecule has 0 saturated heterocycles. The summed E-state index contributed by atoms with van der Waals surface area (Å²) in [7, 11) is 0. The van der Waals surface area contributed by atoms with Crippen LogP contribution in [-0.4, -0.2) is 15.9 Å². The largest absolute Gasteiger partial charge is 0.353 e. The lowest BCUT2D eigenvalue weighted by molar-refractivity contribution is 0.0967. The molecule has 0 bridgehead atoms. The molecule has 2 aromatic heterocycles. The highest BCUT2D eigenvalue weighted by Gasteiger charge is 2.29. The molecule has 0 saturated carbocycles. The normalized spacial score (nSPS) is 14.0. The summed E-state index contributed by atoms with van der Waals surface area (Å²) < 4.78 is 0. The molecule has 1 aliphatic rings. The minimum Gasteiger partial charge on any atom is -0.353 e. The number of amides is 1. The first-order valence-corrected chi connectivity index (χ1v) is 9.04. The lowest BCUT2D eigenvalue weighted by atomic mass is 9.96. The quantitative estimate of drug-likeness (QED) is 0.405. The highest BCUT2D eigenvalue weighted by molar-refractivity contribution is 6.30. The first kappa shape index (κ1) is 14.0. The van der Waals surface area contributed by atoms with Gasteiger partial charge in [0.05, 0.1) is 16.6 Å². The summed E-state index contributed by atoms with van der Waals surface area (Å²) in [6.07, 6.45) is 0.997. The van der Waals surface area contributed by atoms with Crippen molar-refractivity contribution in [1.29, 1.82) is 0 Å². The van der Waals surface area contributed by atoms with Crippen molar-refractivity contribution in [3.05, 3.63) is 59.2 Å². The molecule has 3 N–H and O–H groups in total. The molecular weight excluding hydrogens is 322 g/mol. The van der Waals surface area contributed by atoms with Crippen LogP contribution < -0.4 is 5.32 Å². The maximum absolute atomic E-state index is 12.7. The number of carbonyl (C=O) groups is 1. The van der Waals surface area contributed by atoms with Crippen LogP contribution in [-0.2, 0) is 13.0 Å². The van der Waals surface area contributed by atoms with Gasteiger partial charge < -0.3 is 15.3 Å². The van der Waals surface area contributed by atoms with E-state index >= 15 is 0 Å². The zero-order valence-electron chi connectivity index (χ0n) is 14.4. The number of carbonyl (C=O) groups excluding carboxylic acids is 1. The van der Waals surface area contributed by atoms with Gasteiger partial charge in [-0.05, 0) is 35.7 Å². The van der Waals surface area contributed by atoms with E-state index in [9.17, 15) is 4.79 Å². The van der Waals surface area contributed by atoms with Gasteiger partial charge in [-0.15, -0.1) is 0 Å². The van der Waals surface area contributed by atoms with Crippen molar-refractivity contribution in [3.8, 4) is 0 Å². The van der Waals surface area contributed by atoms with Crippen molar-refractivity contribution in [2.24, 2.45) is 0 Å². The number of aromatic nitrogens is 2. The fourth-order valence-electron chi connectivity index (χ4n) is 4.51. The molecule has 5 aromatic rings. The molecule has 26 heavy (non-hydrogen) atoms. The lowest BCUT2D eigenvalue weighted by Gasteiger charge is -2.04. The monoisotopic (exact) mass is 339 g/mol. The number of benzene rings is 3. The van der Waals surface area contributed by atoms with E-state index in [0.29, 0.717) is 6.54 Å². The molecule has 3 aromatic carbocycles. The number of fused-ring (bicyclic) bond motifs is 10. The minimum absolute atomic E-state index is 0.0256. The second kappa shape index (κ2) is 4.67. The highest BCUT2D eigenvalue weighted by Crippen LogP contribution is 2.41. The topological polar surface area (TPSA) is 60.7 Å². The van der Waals surface area contributed by atoms with Crippen molar-refractivity contribution in [1.82, 2.24) is 15.3 Å². The summed E-state index contributed by atoms with van der Waals surface area (Å²) in [6.45, 7) is 2.75. The fraction of sp³-hybridized carbons (Fsp3) is 0.136. The van der Waals surface area contributed by atoms with Gasteiger partial charge in [0.15, 0.2) is 0 Å². The summed E-state index contributed by atoms with van der Waals surface area (Å²) >= 11 is 0. The van der Waals surface area contributed by atoms with E-state index in [1.54, 1.807) is 0 Å². The Bertz CT molecular complexity index is 1390. The van der Waals surface area contributed by atoms with Gasteiger partial charge in [-0.25, -0.2) is 0 Å². The third kappa shape index (κ3) is 1.57. The van der Waals surface area contributed by atoms with Gasteiger partial charge in [0, 0.05) is 39.1 Å². The first-order valence-electron chi connectivity index (χ1n) is 9.04. The Morgan fingerprint density at radius 2 is 1.69 bits per heavy atom. The molecule has 4 nitrogen and oxygen atoms in total. The van der Waals surface area contributed by atoms with Crippen molar-refractivity contribution in [2.75, 3.05) is 0 Å². The summed E-state index contributed by atoms with van der Waals surface area (Å²) in [6, 6.07) is 14.8. The van der Waals surface area contributed by atoms with Crippen molar-refractivity contribution in [2.45, 2.75) is 19.9 Å². The summed E-state index contributed by atoms with van der Waals surface area (Å²) in [5, 5.41) is 7.54. The van der Waals surface area contributed by atoms with Gasteiger partial charge in [0.2, 0.25) is 0 Å². The molecule has 1 aliphatic heterocycles. The van der Waals surface area contributed by atoms with E-state index < -0.39 is 0 Å². The molecule has 126 valence electrons. The Balaban J connectivity index is 1.94. The van der Waals surface area contributed by atoms with Crippen LogP contribution >= 0.6 is 0 Å². The number of hydrogen-bond donors (Lipinski definition) is 3. The summed E-state index contributed by atoms with van der Waals surface area (Å²) in [5.74, 6) is 0.0256. The Morgan fingerprint density at radius 3 is 2.54 bits per heavy atom. The Kier molecular flexibility index (Phi) is 2.51. The molecule has 3 heterocycles. The molecule has 6 rings (SSSR count). The third-order valence-corrected chi connectivity index (χ3v) is 5.73. The van der Waals surface area contributed by atoms with Crippen LogP contribution in [0.1, 0.15) is 28.4 Å². The van der Waals surface area contributed by atoms with E-state index in [-0.39, 0.29) is 5.91 Å². The van der Waals surface area contributed by atoms with Crippen LogP contribution in [0.4, 0.5) is 0 Å². The fourth-order valence-corrected chi connectivity index (χ4v) is 4.51. The number of hydrogen-bond acceptors (Lipinski definition) is 1. The molecule has 0 atom stereocenters. The first-order chi connectivity index (χ1) is 12.8. The Morgan fingerprint density at radius 1 is 0.923 bits per heavy atom. The van der Waals surface area contributed by atoms with E-state index in [1.807, 2.05) is 12.1 Å². The van der Waals surface area contributed by atoms with Crippen LogP contribution in [0.2, 0.25) is 0 Å². The van der Waals surface area contributed by atoms with E-state index in [4.69, 9.17) is 0 Å². The van der Waals surface area contributed by atoms with E-state index in [2.05, 4.69) is 52.5 Å². The summed E-state index contributed by atoms with van der Waals surface area (Å²) in [4.78, 5) is 19.9. The van der Waals surface area contributed by atoms with E-state index in [1.165, 1.54) is 16.3 Å². The average Bonchev–Trinajstić information content (AvgIpc) is 3.33. The molecule has 0 aliphatic carbocycles. The zero-order valence-corrected chi connectivity index (χ0v) is 14.4. The van der Waals surface area contributed by atoms with Crippen molar-refractivity contribution < 1.29 is 4.79 Å². The number of para-hydroxylation sites is 1. The SMILES string of the molecule is CCc1ccc2[nH]c3c4[nH]c5ccccc5c4c4c(c3c2c1)CNC4=O. The van der Waals surface area contributed by atoms with Gasteiger partial charge in [0.25, 0.3) is 5.91 Å². The Labute approximate surface area is 149 Å². The molecule has 0 unspecified atom stereocenters. The molecule has 0 radical (unpaired) electrons. The Hall–Kier alpha value is -3.27. The predicted molar refractivity (Wildman–Crippen MR) is 106 cm³/mol. The van der Waals surface area contributed by atoms with Crippen molar-refractivity contribution in [3.63, 3.8) is 0 Å². The third-order valence-electron chi connectivity index (χ3n) is 5.73. The molecule has 0 fully saturated rings. The molecule has 4 heteroatoms. The average molecular weight is 339 g/mol. The second-order valence-corrected chi connectivity index (χ2v) is 7.07. The van der Waals surface area contributed by atoms with E-state index in [0.717, 1.165) is 50.4 Å². The van der Waals surface area contributed by atoms with Gasteiger partial charge in [-0.1, -0.05) is 31.2 Å². The predicted octanol–water partition coefficient (Wildman–Crippen LogP) is 4.76. The lowest BCUT2D eigenvalue weighted by Crippen LogP contribution is -2.12. The second-order valence-electron chi connectivity index (χ2n) is 7.07. The standard InChI is InChI=1S/C22H17N3O/c1-2-11-7-8-16-13(9-11)17-14-10-23-22(26)19(14)18-12-5-3-4-6-15(12)24-21(18)20(17)25-16/h3-9,24-25H,2,10H2,1H3,(H,23,26). The van der Waals surface area contributed by atoms with Gasteiger partial charge in [-0.3, -0.25) is 4.79 Å². The summed E-state index contributed by atoms with van der Waals surface area (Å²) in [5.41, 5.74) is 7.53. The number of rotatable bonds is 1. The van der Waals surface area contributed by atoms with Gasteiger partial charge >= 0.3 is 0 Å². The number of aromatic amines is 2. The highest BCUT2D eigenvalue weighted by atomic mass is 16.1. The van der Waals surface area contributed by atoms with Crippen LogP contribution in [0.5, 0.6) is 0 Å². The molecular formula is C22H17N3O. The zero-order chi connectivity index (χ0) is 17.4. The number of aryl methyl sites for hydroxylation is 1. The maximum atomic E-state index is 12.7. The van der Waals surface area contributed by atoms with Crippen LogP contribution in [0.25, 0.3) is 43.6 Å². The maximum Gasteiger partial charge on any atom is 0.252 e. The smallest absolute Gasteiger partial charge is 0.252 e. The molecule has 1 amide bonds. The van der Waals surface area contributed by atoms with Gasteiger partial charge in [-0.2, -0.15) is 0 Å². The molecule has 0 spiro atoms. The number of H-pyrrole nitrogens is 2. The minimum atomic E-state index is 0.0256. The van der Waals surface area contributed by atoms with Gasteiger partial charge in [0.1, 0.15) is 0 Å².